The Morgan fingerprint density at radius 2 is 1.44 bits per heavy atom. The van der Waals surface area contributed by atoms with Crippen LogP contribution in [0.25, 0.3) is 22.5 Å². The largest absolute Gasteiger partial charge is 0.481 e. The molecule has 0 bridgehead atoms. The zero-order valence-corrected chi connectivity index (χ0v) is 19.8. The Balaban J connectivity index is 1.88. The van der Waals surface area contributed by atoms with Crippen LogP contribution in [0.4, 0.5) is 0 Å². The van der Waals surface area contributed by atoms with Crippen molar-refractivity contribution in [2.75, 3.05) is 0 Å². The molecule has 0 fully saturated rings. The van der Waals surface area contributed by atoms with Crippen LogP contribution in [0.3, 0.4) is 0 Å². The maximum Gasteiger partial charge on any atom is 0.304 e. The molecule has 0 saturated carbocycles. The van der Waals surface area contributed by atoms with Gasteiger partial charge in [-0.3, -0.25) is 14.4 Å². The molecule has 2 amide bonds. The number of benzene rings is 2. The molecule has 1 heterocycles. The number of rotatable bonds is 8. The first-order chi connectivity index (χ1) is 15.9. The number of primary amides is 1. The topological polar surface area (TPSA) is 123 Å². The second kappa shape index (κ2) is 9.55. The second-order valence-corrected chi connectivity index (χ2v) is 9.52. The van der Waals surface area contributed by atoms with Crippen molar-refractivity contribution in [3.05, 3.63) is 72.5 Å². The number of carbonyl (C=O) groups is 3. The monoisotopic (exact) mass is 462 g/mol. The molecule has 0 aliphatic carbocycles. The Labute approximate surface area is 199 Å². The Kier molecular flexibility index (Phi) is 6.96. The van der Waals surface area contributed by atoms with E-state index in [4.69, 9.17) is 10.2 Å². The summed E-state index contributed by atoms with van der Waals surface area (Å²) in [5.74, 6) is -2.94. The molecule has 34 heavy (non-hydrogen) atoms. The van der Waals surface area contributed by atoms with Crippen LogP contribution in [0.15, 0.2) is 71.1 Å². The average molecular weight is 463 g/mol. The number of furan rings is 1. The van der Waals surface area contributed by atoms with Gasteiger partial charge in [0.1, 0.15) is 23.0 Å². The van der Waals surface area contributed by atoms with Crippen molar-refractivity contribution in [1.82, 2.24) is 5.32 Å². The number of nitrogens with two attached hydrogens (primary N) is 1. The minimum absolute atomic E-state index is 0.197. The molecule has 0 radical (unpaired) electrons. The number of nitrogens with one attached hydrogen (secondary N) is 1. The lowest BCUT2D eigenvalue weighted by Crippen LogP contribution is -2.63. The van der Waals surface area contributed by atoms with E-state index < -0.39 is 41.1 Å². The molecule has 2 aromatic carbocycles. The van der Waals surface area contributed by atoms with Gasteiger partial charge in [0.05, 0.1) is 6.42 Å². The lowest BCUT2D eigenvalue weighted by Gasteiger charge is -2.40. The summed E-state index contributed by atoms with van der Waals surface area (Å²) in [7, 11) is 0. The van der Waals surface area contributed by atoms with E-state index in [1.807, 2.05) is 54.6 Å². The number of hydrogen-bond donors (Lipinski definition) is 3. The van der Waals surface area contributed by atoms with Crippen LogP contribution < -0.4 is 11.1 Å². The summed E-state index contributed by atoms with van der Waals surface area (Å²) in [6.07, 6.45) is -0.495. The Morgan fingerprint density at radius 1 is 0.882 bits per heavy atom. The summed E-state index contributed by atoms with van der Waals surface area (Å²) >= 11 is 0. The first kappa shape index (κ1) is 24.8. The fraction of sp³-hybridized carbons (Fsp3) is 0.296. The number of carboxylic acid groups (broad SMARTS) is 1. The van der Waals surface area contributed by atoms with Gasteiger partial charge < -0.3 is 20.6 Å². The number of amides is 2. The van der Waals surface area contributed by atoms with Gasteiger partial charge in [-0.1, -0.05) is 75.4 Å². The predicted molar refractivity (Wildman–Crippen MR) is 130 cm³/mol. The van der Waals surface area contributed by atoms with Crippen LogP contribution in [0.5, 0.6) is 0 Å². The zero-order chi connectivity index (χ0) is 25.1. The Hall–Kier alpha value is -3.87. The summed E-state index contributed by atoms with van der Waals surface area (Å²) in [4.78, 5) is 36.8. The van der Waals surface area contributed by atoms with Crippen molar-refractivity contribution >= 4 is 17.8 Å². The first-order valence-corrected chi connectivity index (χ1v) is 11.0. The van der Waals surface area contributed by atoms with Gasteiger partial charge in [-0.15, -0.1) is 0 Å². The lowest BCUT2D eigenvalue weighted by molar-refractivity contribution is -0.141. The number of aliphatic carboxylic acids is 1. The average Bonchev–Trinajstić information content (AvgIpc) is 3.27. The molecule has 7 nitrogen and oxygen atoms in total. The molecular formula is C27H30N2O5. The van der Waals surface area contributed by atoms with E-state index in [0.717, 1.165) is 16.7 Å². The normalized spacial score (nSPS) is 14.1. The van der Waals surface area contributed by atoms with Gasteiger partial charge in [0, 0.05) is 5.56 Å². The van der Waals surface area contributed by atoms with Crippen LogP contribution in [-0.4, -0.2) is 28.4 Å². The molecule has 178 valence electrons. The lowest BCUT2D eigenvalue weighted by atomic mass is 9.74. The highest BCUT2D eigenvalue weighted by Crippen LogP contribution is 2.33. The predicted octanol–water partition coefficient (Wildman–Crippen LogP) is 4.58. The highest BCUT2D eigenvalue weighted by atomic mass is 16.4. The van der Waals surface area contributed by atoms with Gasteiger partial charge in [-0.25, -0.2) is 0 Å². The van der Waals surface area contributed by atoms with E-state index >= 15 is 0 Å². The van der Waals surface area contributed by atoms with Crippen molar-refractivity contribution < 1.29 is 23.9 Å². The zero-order valence-electron chi connectivity index (χ0n) is 19.8. The van der Waals surface area contributed by atoms with E-state index in [9.17, 15) is 19.5 Å². The van der Waals surface area contributed by atoms with Gasteiger partial charge in [-0.05, 0) is 35.6 Å². The molecule has 3 rings (SSSR count). The molecule has 0 aliphatic rings. The van der Waals surface area contributed by atoms with Crippen molar-refractivity contribution in [3.63, 3.8) is 0 Å². The quantitative estimate of drug-likeness (QED) is 0.452. The summed E-state index contributed by atoms with van der Waals surface area (Å²) in [6, 6.07) is 21.0. The van der Waals surface area contributed by atoms with Crippen molar-refractivity contribution in [1.29, 1.82) is 0 Å². The molecule has 7 heteroatoms. The number of carbonyl (C=O) groups excluding carboxylic acids is 2. The highest BCUT2D eigenvalue weighted by molar-refractivity contribution is 5.94. The van der Waals surface area contributed by atoms with Gasteiger partial charge in [0.2, 0.25) is 11.8 Å². The molecule has 4 N–H and O–H groups in total. The SMILES string of the molecule is CC(C)(C)C(C)(NC(=O)C(CC(=O)O)c1ccc(-c2ccc(-c3ccccc3)cc2)o1)C(N)=O. The fourth-order valence-electron chi connectivity index (χ4n) is 3.60. The van der Waals surface area contributed by atoms with Crippen LogP contribution >= 0.6 is 0 Å². The summed E-state index contributed by atoms with van der Waals surface area (Å²) < 4.78 is 5.92. The van der Waals surface area contributed by atoms with Crippen molar-refractivity contribution in [2.45, 2.75) is 45.6 Å². The van der Waals surface area contributed by atoms with E-state index in [1.54, 1.807) is 32.9 Å². The van der Waals surface area contributed by atoms with Crippen molar-refractivity contribution in [3.8, 4) is 22.5 Å². The smallest absolute Gasteiger partial charge is 0.304 e. The van der Waals surface area contributed by atoms with E-state index in [0.29, 0.717) is 5.76 Å². The fourth-order valence-corrected chi connectivity index (χ4v) is 3.60. The molecule has 3 aromatic rings. The van der Waals surface area contributed by atoms with Crippen LogP contribution in [0, 0.1) is 5.41 Å². The van der Waals surface area contributed by atoms with E-state index in [2.05, 4.69) is 5.32 Å². The summed E-state index contributed by atoms with van der Waals surface area (Å²) in [5.41, 5.74) is 6.43. The molecule has 0 saturated heterocycles. The van der Waals surface area contributed by atoms with Gasteiger partial charge in [0.15, 0.2) is 0 Å². The maximum absolute atomic E-state index is 13.2. The minimum Gasteiger partial charge on any atom is -0.481 e. The van der Waals surface area contributed by atoms with E-state index in [-0.39, 0.29) is 5.76 Å². The van der Waals surface area contributed by atoms with Gasteiger partial charge >= 0.3 is 5.97 Å². The minimum atomic E-state index is -1.39. The third-order valence-corrected chi connectivity index (χ3v) is 6.31. The molecule has 2 atom stereocenters. The van der Waals surface area contributed by atoms with Crippen LogP contribution in [-0.2, 0) is 14.4 Å². The molecular weight excluding hydrogens is 432 g/mol. The summed E-state index contributed by atoms with van der Waals surface area (Å²) in [6.45, 7) is 6.85. The maximum atomic E-state index is 13.2. The number of carboxylic acids is 1. The number of hydrogen-bond acceptors (Lipinski definition) is 4. The molecule has 2 unspecified atom stereocenters. The Morgan fingerprint density at radius 3 is 1.97 bits per heavy atom. The summed E-state index contributed by atoms with van der Waals surface area (Å²) in [5, 5.41) is 12.1. The molecule has 0 aliphatic heterocycles. The molecule has 0 spiro atoms. The standard InChI is InChI=1S/C27H30N2O5/c1-26(2,3)27(4,25(28)33)29-24(32)20(16-23(30)31)22-15-14-21(34-22)19-12-10-18(11-13-19)17-8-6-5-7-9-17/h5-15,20H,16H2,1-4H3,(H2,28,33)(H,29,32)(H,30,31). The van der Waals surface area contributed by atoms with Crippen molar-refractivity contribution in [2.24, 2.45) is 11.1 Å². The van der Waals surface area contributed by atoms with E-state index in [1.165, 1.54) is 6.92 Å². The molecule has 1 aromatic heterocycles. The Bertz CT molecular complexity index is 1180. The first-order valence-electron chi connectivity index (χ1n) is 11.0. The third kappa shape index (κ3) is 5.20. The highest BCUT2D eigenvalue weighted by Gasteiger charge is 2.45. The van der Waals surface area contributed by atoms with Gasteiger partial charge in [-0.2, -0.15) is 0 Å². The third-order valence-electron chi connectivity index (χ3n) is 6.31. The van der Waals surface area contributed by atoms with Gasteiger partial charge in [0.25, 0.3) is 0 Å². The second-order valence-electron chi connectivity index (χ2n) is 9.52. The van der Waals surface area contributed by atoms with Crippen LogP contribution in [0.1, 0.15) is 45.8 Å². The van der Waals surface area contributed by atoms with Crippen LogP contribution in [0.2, 0.25) is 0 Å².